The highest BCUT2D eigenvalue weighted by Gasteiger charge is 2.05. The van der Waals surface area contributed by atoms with E-state index in [1.54, 1.807) is 11.8 Å². The van der Waals surface area contributed by atoms with E-state index in [4.69, 9.17) is 4.74 Å². The molecule has 3 aromatic rings. The zero-order valence-corrected chi connectivity index (χ0v) is 12.2. The number of aryl methyl sites for hydroxylation is 1. The molecule has 0 radical (unpaired) electrons. The van der Waals surface area contributed by atoms with Gasteiger partial charge in [-0.25, -0.2) is 4.68 Å². The minimum Gasteiger partial charge on any atom is -0.497 e. The lowest BCUT2D eigenvalue weighted by molar-refractivity contribution is 0.414. The number of ether oxygens (including phenoxy) is 1. The van der Waals surface area contributed by atoms with Crippen molar-refractivity contribution in [3.63, 3.8) is 0 Å². The molecule has 0 saturated carbocycles. The molecule has 0 aliphatic rings. The van der Waals surface area contributed by atoms with Crippen LogP contribution in [0.5, 0.6) is 5.75 Å². The van der Waals surface area contributed by atoms with E-state index in [2.05, 4.69) is 41.5 Å². The van der Waals surface area contributed by atoms with Gasteiger partial charge < -0.3 is 4.74 Å². The topological polar surface area (TPSA) is 39.9 Å². The van der Waals surface area contributed by atoms with Gasteiger partial charge in [0, 0.05) is 5.56 Å². The normalized spacial score (nSPS) is 10.6. The van der Waals surface area contributed by atoms with Crippen molar-refractivity contribution in [1.82, 2.24) is 15.0 Å². The van der Waals surface area contributed by atoms with Crippen LogP contribution in [0.1, 0.15) is 12.5 Å². The number of rotatable bonds is 4. The van der Waals surface area contributed by atoms with Crippen molar-refractivity contribution in [3.8, 4) is 22.7 Å². The number of methoxy groups -OCH3 is 1. The van der Waals surface area contributed by atoms with Crippen LogP contribution in [0.2, 0.25) is 0 Å². The Morgan fingerprint density at radius 2 is 1.71 bits per heavy atom. The minimum absolute atomic E-state index is 0.828. The van der Waals surface area contributed by atoms with Gasteiger partial charge in [0.05, 0.1) is 19.0 Å². The van der Waals surface area contributed by atoms with Crippen molar-refractivity contribution in [2.24, 2.45) is 0 Å². The number of benzene rings is 2. The summed E-state index contributed by atoms with van der Waals surface area (Å²) in [7, 11) is 1.66. The lowest BCUT2D eigenvalue weighted by atomic mass is 10.1. The van der Waals surface area contributed by atoms with Gasteiger partial charge in [0.15, 0.2) is 0 Å². The summed E-state index contributed by atoms with van der Waals surface area (Å²) >= 11 is 0. The molecule has 0 aliphatic heterocycles. The molecule has 21 heavy (non-hydrogen) atoms. The molecule has 0 fully saturated rings. The largest absolute Gasteiger partial charge is 0.497 e. The quantitative estimate of drug-likeness (QED) is 0.733. The second-order valence-electron chi connectivity index (χ2n) is 4.80. The van der Waals surface area contributed by atoms with Crippen molar-refractivity contribution < 1.29 is 4.74 Å². The Morgan fingerprint density at radius 1 is 1.00 bits per heavy atom. The summed E-state index contributed by atoms with van der Waals surface area (Å²) in [6.45, 7) is 2.15. The third kappa shape index (κ3) is 2.79. The van der Waals surface area contributed by atoms with Gasteiger partial charge in [0.2, 0.25) is 0 Å². The monoisotopic (exact) mass is 279 g/mol. The van der Waals surface area contributed by atoms with E-state index in [0.717, 1.165) is 29.1 Å². The first-order chi connectivity index (χ1) is 10.3. The standard InChI is InChI=1S/C17H17N3O/c1-3-13-4-6-14(7-5-13)17-12-20(19-18-17)15-8-10-16(21-2)11-9-15/h4-12H,3H2,1-2H3. The Bertz CT molecular complexity index is 653. The number of aromatic nitrogens is 3. The summed E-state index contributed by atoms with van der Waals surface area (Å²) in [6.07, 6.45) is 2.97. The van der Waals surface area contributed by atoms with Gasteiger partial charge in [-0.15, -0.1) is 5.10 Å². The van der Waals surface area contributed by atoms with Gasteiger partial charge in [0.25, 0.3) is 0 Å². The average molecular weight is 279 g/mol. The van der Waals surface area contributed by atoms with E-state index in [1.165, 1.54) is 5.56 Å². The molecule has 3 rings (SSSR count). The molecule has 0 bridgehead atoms. The van der Waals surface area contributed by atoms with E-state index >= 15 is 0 Å². The van der Waals surface area contributed by atoms with Crippen LogP contribution < -0.4 is 4.74 Å². The van der Waals surface area contributed by atoms with Crippen molar-refractivity contribution >= 4 is 0 Å². The van der Waals surface area contributed by atoms with Gasteiger partial charge >= 0.3 is 0 Å². The van der Waals surface area contributed by atoms with Gasteiger partial charge in [0.1, 0.15) is 11.4 Å². The maximum absolute atomic E-state index is 5.16. The lowest BCUT2D eigenvalue weighted by Gasteiger charge is -2.02. The fourth-order valence-corrected chi connectivity index (χ4v) is 2.17. The van der Waals surface area contributed by atoms with E-state index in [1.807, 2.05) is 30.5 Å². The van der Waals surface area contributed by atoms with Gasteiger partial charge in [-0.1, -0.05) is 36.4 Å². The Morgan fingerprint density at radius 3 is 2.33 bits per heavy atom. The first-order valence-electron chi connectivity index (χ1n) is 6.96. The van der Waals surface area contributed by atoms with Gasteiger partial charge in [-0.2, -0.15) is 0 Å². The van der Waals surface area contributed by atoms with E-state index in [-0.39, 0.29) is 0 Å². The molecule has 0 aliphatic carbocycles. The molecular weight excluding hydrogens is 262 g/mol. The maximum Gasteiger partial charge on any atom is 0.119 e. The summed E-state index contributed by atoms with van der Waals surface area (Å²) in [5.74, 6) is 0.828. The summed E-state index contributed by atoms with van der Waals surface area (Å²) in [6, 6.07) is 16.2. The molecule has 0 atom stereocenters. The van der Waals surface area contributed by atoms with Gasteiger partial charge in [-0.3, -0.25) is 0 Å². The first-order valence-corrected chi connectivity index (χ1v) is 6.96. The van der Waals surface area contributed by atoms with E-state index < -0.39 is 0 Å². The third-order valence-electron chi connectivity index (χ3n) is 3.49. The summed E-state index contributed by atoms with van der Waals surface area (Å²) < 4.78 is 6.92. The molecule has 1 heterocycles. The van der Waals surface area contributed by atoms with Crippen LogP contribution in [0.3, 0.4) is 0 Å². The van der Waals surface area contributed by atoms with E-state index in [9.17, 15) is 0 Å². The number of nitrogens with zero attached hydrogens (tertiary/aromatic N) is 3. The molecule has 4 nitrogen and oxygen atoms in total. The zero-order chi connectivity index (χ0) is 14.7. The SMILES string of the molecule is CCc1ccc(-c2cn(-c3ccc(OC)cc3)nn2)cc1. The van der Waals surface area contributed by atoms with Crippen LogP contribution in [0.25, 0.3) is 16.9 Å². The molecule has 2 aromatic carbocycles. The molecule has 0 amide bonds. The molecule has 0 spiro atoms. The average Bonchev–Trinajstić information content (AvgIpc) is 3.05. The van der Waals surface area contributed by atoms with Crippen LogP contribution in [-0.2, 0) is 6.42 Å². The highest BCUT2D eigenvalue weighted by atomic mass is 16.5. The predicted molar refractivity (Wildman–Crippen MR) is 82.7 cm³/mol. The molecule has 1 aromatic heterocycles. The Labute approximate surface area is 124 Å². The molecule has 4 heteroatoms. The smallest absolute Gasteiger partial charge is 0.119 e. The van der Waals surface area contributed by atoms with Crippen LogP contribution in [0, 0.1) is 0 Å². The van der Waals surface area contributed by atoms with Crippen LogP contribution in [-0.4, -0.2) is 22.1 Å². The number of hydrogen-bond donors (Lipinski definition) is 0. The molecular formula is C17H17N3O. The summed E-state index contributed by atoms with van der Waals surface area (Å²) in [5.41, 5.74) is 4.22. The highest BCUT2D eigenvalue weighted by molar-refractivity contribution is 5.58. The fourth-order valence-electron chi connectivity index (χ4n) is 2.17. The summed E-state index contributed by atoms with van der Waals surface area (Å²) in [5, 5.41) is 8.43. The lowest BCUT2D eigenvalue weighted by Crippen LogP contribution is -1.94. The Balaban J connectivity index is 1.87. The number of hydrogen-bond acceptors (Lipinski definition) is 3. The van der Waals surface area contributed by atoms with Crippen molar-refractivity contribution in [2.75, 3.05) is 7.11 Å². The predicted octanol–water partition coefficient (Wildman–Crippen LogP) is 3.51. The van der Waals surface area contributed by atoms with Crippen molar-refractivity contribution in [3.05, 3.63) is 60.3 Å². The second kappa shape index (κ2) is 5.79. The molecule has 0 N–H and O–H groups in total. The molecule has 0 unspecified atom stereocenters. The molecule has 0 saturated heterocycles. The first kappa shape index (κ1) is 13.4. The maximum atomic E-state index is 5.16. The van der Waals surface area contributed by atoms with E-state index in [0.29, 0.717) is 0 Å². The Kier molecular flexibility index (Phi) is 3.69. The van der Waals surface area contributed by atoms with Gasteiger partial charge in [-0.05, 0) is 36.2 Å². The second-order valence-corrected chi connectivity index (χ2v) is 4.80. The van der Waals surface area contributed by atoms with Crippen LogP contribution >= 0.6 is 0 Å². The zero-order valence-electron chi connectivity index (χ0n) is 12.2. The van der Waals surface area contributed by atoms with Crippen molar-refractivity contribution in [2.45, 2.75) is 13.3 Å². The minimum atomic E-state index is 0.828. The fraction of sp³-hybridized carbons (Fsp3) is 0.176. The van der Waals surface area contributed by atoms with Crippen LogP contribution in [0.4, 0.5) is 0 Å². The highest BCUT2D eigenvalue weighted by Crippen LogP contribution is 2.19. The summed E-state index contributed by atoms with van der Waals surface area (Å²) in [4.78, 5) is 0. The van der Waals surface area contributed by atoms with Crippen molar-refractivity contribution in [1.29, 1.82) is 0 Å². The van der Waals surface area contributed by atoms with Crippen LogP contribution in [0.15, 0.2) is 54.7 Å². The molecule has 106 valence electrons. The third-order valence-corrected chi connectivity index (χ3v) is 3.49. The Hall–Kier alpha value is -2.62.